The molecule has 0 aromatic rings. The second kappa shape index (κ2) is 5.85. The first-order valence-electron chi connectivity index (χ1n) is 6.83. The molecule has 1 atom stereocenters. The summed E-state index contributed by atoms with van der Waals surface area (Å²) in [5, 5.41) is 10.5. The van der Waals surface area contributed by atoms with Crippen LogP contribution >= 0.6 is 0 Å². The maximum Gasteiger partial charge on any atom is 0.311 e. The van der Waals surface area contributed by atoms with Crippen molar-refractivity contribution in [1.82, 2.24) is 0 Å². The lowest BCUT2D eigenvalue weighted by molar-refractivity contribution is -0.176. The molecule has 3 nitrogen and oxygen atoms in total. The highest BCUT2D eigenvalue weighted by Crippen LogP contribution is 2.48. The zero-order valence-electron chi connectivity index (χ0n) is 11.5. The summed E-state index contributed by atoms with van der Waals surface area (Å²) >= 11 is 0. The number of hydrogen-bond acceptors (Lipinski definition) is 3. The molecule has 3 heteroatoms. The van der Waals surface area contributed by atoms with E-state index in [4.69, 9.17) is 4.74 Å². The van der Waals surface area contributed by atoms with Gasteiger partial charge < -0.3 is 9.84 Å². The molecule has 1 unspecified atom stereocenters. The van der Waals surface area contributed by atoms with Gasteiger partial charge in [-0.25, -0.2) is 0 Å². The average Bonchev–Trinajstić information content (AvgIpc) is 2.21. The Morgan fingerprint density at radius 1 is 1.41 bits per heavy atom. The highest BCUT2D eigenvalue weighted by atomic mass is 16.5. The summed E-state index contributed by atoms with van der Waals surface area (Å²) < 4.78 is 5.08. The van der Waals surface area contributed by atoms with Gasteiger partial charge in [-0.15, -0.1) is 0 Å². The van der Waals surface area contributed by atoms with E-state index in [1.807, 2.05) is 13.8 Å². The Bertz CT molecular complexity index is 254. The molecule has 0 spiro atoms. The second-order valence-electron chi connectivity index (χ2n) is 5.61. The van der Waals surface area contributed by atoms with Gasteiger partial charge in [0.2, 0.25) is 0 Å². The van der Waals surface area contributed by atoms with Gasteiger partial charge in [0.05, 0.1) is 18.1 Å². The molecule has 1 N–H and O–H groups in total. The van der Waals surface area contributed by atoms with Gasteiger partial charge in [-0.2, -0.15) is 0 Å². The summed E-state index contributed by atoms with van der Waals surface area (Å²) in [6, 6.07) is 0. The lowest BCUT2D eigenvalue weighted by Crippen LogP contribution is -2.54. The van der Waals surface area contributed by atoms with Crippen molar-refractivity contribution in [3.8, 4) is 0 Å². The Morgan fingerprint density at radius 3 is 2.41 bits per heavy atom. The van der Waals surface area contributed by atoms with Gasteiger partial charge in [-0.3, -0.25) is 4.79 Å². The zero-order chi connectivity index (χ0) is 13.1. The molecule has 100 valence electrons. The summed E-state index contributed by atoms with van der Waals surface area (Å²) in [4.78, 5) is 11.9. The van der Waals surface area contributed by atoms with Crippen LogP contribution in [0.15, 0.2) is 0 Å². The van der Waals surface area contributed by atoms with Gasteiger partial charge in [0.15, 0.2) is 0 Å². The summed E-state index contributed by atoms with van der Waals surface area (Å²) in [6.07, 6.45) is 3.11. The fraction of sp³-hybridized carbons (Fsp3) is 0.929. The van der Waals surface area contributed by atoms with Crippen molar-refractivity contribution in [2.24, 2.45) is 17.8 Å². The van der Waals surface area contributed by atoms with Crippen LogP contribution < -0.4 is 0 Å². The third-order valence-electron chi connectivity index (χ3n) is 3.97. The Labute approximate surface area is 105 Å². The molecule has 17 heavy (non-hydrogen) atoms. The first-order valence-corrected chi connectivity index (χ1v) is 6.83. The zero-order valence-corrected chi connectivity index (χ0v) is 11.5. The van der Waals surface area contributed by atoms with Crippen LogP contribution in [0, 0.1) is 17.8 Å². The smallest absolute Gasteiger partial charge is 0.311 e. The van der Waals surface area contributed by atoms with Crippen molar-refractivity contribution < 1.29 is 14.6 Å². The average molecular weight is 242 g/mol. The van der Waals surface area contributed by atoms with Crippen LogP contribution in [0.25, 0.3) is 0 Å². The van der Waals surface area contributed by atoms with E-state index in [9.17, 15) is 9.90 Å². The topological polar surface area (TPSA) is 46.5 Å². The van der Waals surface area contributed by atoms with Crippen LogP contribution in [0.1, 0.15) is 53.4 Å². The van der Waals surface area contributed by atoms with Crippen molar-refractivity contribution in [2.45, 2.75) is 59.0 Å². The molecule has 0 heterocycles. The third kappa shape index (κ3) is 3.21. The second-order valence-corrected chi connectivity index (χ2v) is 5.61. The van der Waals surface area contributed by atoms with Crippen molar-refractivity contribution in [2.75, 3.05) is 6.61 Å². The first-order chi connectivity index (χ1) is 7.94. The molecular weight excluding hydrogens is 216 g/mol. The van der Waals surface area contributed by atoms with Gasteiger partial charge in [-0.05, 0) is 38.0 Å². The van der Waals surface area contributed by atoms with Crippen molar-refractivity contribution in [3.05, 3.63) is 0 Å². The van der Waals surface area contributed by atoms with Gasteiger partial charge in [-0.1, -0.05) is 27.2 Å². The standard InChI is InChI=1S/C14H26O3/c1-5-7-12(13(15)17-6-2)14(16)8-11(9-14)10(3)4/h10-12,16H,5-9H2,1-4H3. The fourth-order valence-corrected chi connectivity index (χ4v) is 2.74. The van der Waals surface area contributed by atoms with Crippen LogP contribution in [0.2, 0.25) is 0 Å². The van der Waals surface area contributed by atoms with Crippen LogP contribution in [-0.2, 0) is 9.53 Å². The SMILES string of the molecule is CCCC(C(=O)OCC)C1(O)CC(C(C)C)C1. The molecule has 0 bridgehead atoms. The van der Waals surface area contributed by atoms with E-state index in [0.717, 1.165) is 25.7 Å². The molecule has 1 rings (SSSR count). The van der Waals surface area contributed by atoms with Crippen LogP contribution in [0.4, 0.5) is 0 Å². The fourth-order valence-electron chi connectivity index (χ4n) is 2.74. The number of carbonyl (C=O) groups is 1. The Morgan fingerprint density at radius 2 is 2.00 bits per heavy atom. The molecular formula is C14H26O3. The molecule has 0 aliphatic heterocycles. The number of hydrogen-bond donors (Lipinski definition) is 1. The summed E-state index contributed by atoms with van der Waals surface area (Å²) in [7, 11) is 0. The van der Waals surface area contributed by atoms with Gasteiger partial charge in [0.25, 0.3) is 0 Å². The largest absolute Gasteiger partial charge is 0.466 e. The van der Waals surface area contributed by atoms with Gasteiger partial charge in [0.1, 0.15) is 0 Å². The van der Waals surface area contributed by atoms with Crippen molar-refractivity contribution in [1.29, 1.82) is 0 Å². The number of ether oxygens (including phenoxy) is 1. The van der Waals surface area contributed by atoms with Gasteiger partial charge in [0, 0.05) is 0 Å². The summed E-state index contributed by atoms with van der Waals surface area (Å²) in [5.41, 5.74) is -0.808. The number of esters is 1. The predicted octanol–water partition coefficient (Wildman–Crippen LogP) is 2.76. The molecule has 0 aromatic heterocycles. The lowest BCUT2D eigenvalue weighted by atomic mass is 9.60. The summed E-state index contributed by atoms with van der Waals surface area (Å²) in [6.45, 7) is 8.58. The van der Waals surface area contributed by atoms with E-state index < -0.39 is 5.60 Å². The first kappa shape index (κ1) is 14.5. The van der Waals surface area contributed by atoms with Gasteiger partial charge >= 0.3 is 5.97 Å². The lowest BCUT2D eigenvalue weighted by Gasteiger charge is -2.49. The van der Waals surface area contributed by atoms with E-state index in [1.54, 1.807) is 0 Å². The predicted molar refractivity (Wildman–Crippen MR) is 67.5 cm³/mol. The van der Waals surface area contributed by atoms with Crippen LogP contribution in [0.5, 0.6) is 0 Å². The maximum absolute atomic E-state index is 11.9. The van der Waals surface area contributed by atoms with E-state index in [-0.39, 0.29) is 11.9 Å². The Balaban J connectivity index is 2.62. The number of aliphatic hydroxyl groups is 1. The van der Waals surface area contributed by atoms with Crippen molar-refractivity contribution in [3.63, 3.8) is 0 Å². The molecule has 0 radical (unpaired) electrons. The van der Waals surface area contributed by atoms with E-state index in [2.05, 4.69) is 13.8 Å². The molecule has 0 aromatic carbocycles. The highest BCUT2D eigenvalue weighted by Gasteiger charge is 2.51. The molecule has 1 aliphatic carbocycles. The minimum absolute atomic E-state index is 0.223. The van der Waals surface area contributed by atoms with Crippen LogP contribution in [0.3, 0.4) is 0 Å². The maximum atomic E-state index is 11.9. The van der Waals surface area contributed by atoms with E-state index >= 15 is 0 Å². The minimum Gasteiger partial charge on any atom is -0.466 e. The number of carbonyl (C=O) groups excluding carboxylic acids is 1. The van der Waals surface area contributed by atoms with Crippen molar-refractivity contribution >= 4 is 5.97 Å². The molecule has 0 saturated heterocycles. The summed E-state index contributed by atoms with van der Waals surface area (Å²) in [5.74, 6) is 0.579. The molecule has 0 amide bonds. The molecule has 1 saturated carbocycles. The number of rotatable bonds is 6. The molecule has 1 aliphatic rings. The minimum atomic E-state index is -0.808. The highest BCUT2D eigenvalue weighted by molar-refractivity contribution is 5.74. The quantitative estimate of drug-likeness (QED) is 0.728. The monoisotopic (exact) mass is 242 g/mol. The molecule has 1 fully saturated rings. The normalized spacial score (nSPS) is 29.9. The van der Waals surface area contributed by atoms with E-state index in [1.165, 1.54) is 0 Å². The van der Waals surface area contributed by atoms with Crippen LogP contribution in [-0.4, -0.2) is 23.3 Å². The Hall–Kier alpha value is -0.570. The van der Waals surface area contributed by atoms with E-state index in [0.29, 0.717) is 18.4 Å². The third-order valence-corrected chi connectivity index (χ3v) is 3.97. The Kier molecular flexibility index (Phi) is 4.99.